The van der Waals surface area contributed by atoms with E-state index in [-0.39, 0.29) is 22.6 Å². The first-order valence-corrected chi connectivity index (χ1v) is 7.30. The van der Waals surface area contributed by atoms with Crippen molar-refractivity contribution in [3.05, 3.63) is 18.3 Å². The molecule has 2 rings (SSSR count). The van der Waals surface area contributed by atoms with Gasteiger partial charge in [-0.2, -0.15) is 0 Å². The van der Waals surface area contributed by atoms with Crippen molar-refractivity contribution < 1.29 is 13.2 Å². The second-order valence-corrected chi connectivity index (χ2v) is 6.12. The number of sulfone groups is 1. The minimum atomic E-state index is -3.45. The zero-order chi connectivity index (χ0) is 12.3. The molecular formula is C11H16N2O3S. The van der Waals surface area contributed by atoms with Gasteiger partial charge in [-0.25, -0.2) is 13.4 Å². The predicted molar refractivity (Wildman–Crippen MR) is 64.3 cm³/mol. The van der Waals surface area contributed by atoms with Gasteiger partial charge in [-0.1, -0.05) is 0 Å². The van der Waals surface area contributed by atoms with Crippen LogP contribution in [0.2, 0.25) is 0 Å². The maximum absolute atomic E-state index is 12.1. The number of hydrogen-bond acceptors (Lipinski definition) is 5. The molecule has 0 saturated carbocycles. The molecule has 0 spiro atoms. The van der Waals surface area contributed by atoms with Gasteiger partial charge in [0.05, 0.1) is 17.5 Å². The molecule has 5 nitrogen and oxygen atoms in total. The van der Waals surface area contributed by atoms with Crippen molar-refractivity contribution in [2.45, 2.75) is 30.4 Å². The SMILES string of the molecule is Nc1cccnc1S(=O)(=O)CC1CCCCO1. The average Bonchev–Trinajstić information content (AvgIpc) is 2.30. The zero-order valence-electron chi connectivity index (χ0n) is 9.50. The van der Waals surface area contributed by atoms with E-state index in [1.54, 1.807) is 12.1 Å². The third-order valence-electron chi connectivity index (χ3n) is 2.77. The molecule has 1 aliphatic rings. The van der Waals surface area contributed by atoms with Crippen LogP contribution >= 0.6 is 0 Å². The molecule has 1 aliphatic heterocycles. The number of nitrogens with zero attached hydrogens (tertiary/aromatic N) is 1. The van der Waals surface area contributed by atoms with E-state index in [4.69, 9.17) is 10.5 Å². The van der Waals surface area contributed by atoms with E-state index in [1.807, 2.05) is 0 Å². The van der Waals surface area contributed by atoms with Gasteiger partial charge in [0, 0.05) is 12.8 Å². The second kappa shape index (κ2) is 5.01. The van der Waals surface area contributed by atoms with E-state index in [0.29, 0.717) is 6.61 Å². The Balaban J connectivity index is 2.16. The first kappa shape index (κ1) is 12.3. The highest BCUT2D eigenvalue weighted by Gasteiger charge is 2.26. The fourth-order valence-electron chi connectivity index (χ4n) is 1.93. The summed E-state index contributed by atoms with van der Waals surface area (Å²) >= 11 is 0. The van der Waals surface area contributed by atoms with Crippen LogP contribution in [0.5, 0.6) is 0 Å². The Morgan fingerprint density at radius 2 is 2.29 bits per heavy atom. The van der Waals surface area contributed by atoms with Crippen LogP contribution in [0.3, 0.4) is 0 Å². The van der Waals surface area contributed by atoms with Crippen LogP contribution in [-0.2, 0) is 14.6 Å². The van der Waals surface area contributed by atoms with E-state index < -0.39 is 9.84 Å². The molecule has 2 heterocycles. The summed E-state index contributed by atoms with van der Waals surface area (Å²) in [4.78, 5) is 3.85. The first-order chi connectivity index (χ1) is 8.09. The van der Waals surface area contributed by atoms with E-state index >= 15 is 0 Å². The molecule has 1 aromatic heterocycles. The molecule has 1 aromatic rings. The van der Waals surface area contributed by atoms with Gasteiger partial charge in [-0.15, -0.1) is 0 Å². The zero-order valence-corrected chi connectivity index (χ0v) is 10.3. The number of pyridine rings is 1. The molecule has 0 aliphatic carbocycles. The van der Waals surface area contributed by atoms with Crippen molar-refractivity contribution in [2.75, 3.05) is 18.1 Å². The van der Waals surface area contributed by atoms with Crippen LogP contribution in [0.25, 0.3) is 0 Å². The maximum atomic E-state index is 12.1. The molecule has 0 radical (unpaired) electrons. The highest BCUT2D eigenvalue weighted by atomic mass is 32.2. The lowest BCUT2D eigenvalue weighted by Crippen LogP contribution is -2.28. The lowest BCUT2D eigenvalue weighted by Gasteiger charge is -2.22. The summed E-state index contributed by atoms with van der Waals surface area (Å²) in [5.74, 6) is -0.0335. The van der Waals surface area contributed by atoms with Crippen molar-refractivity contribution in [1.82, 2.24) is 4.98 Å². The number of rotatable bonds is 3. The van der Waals surface area contributed by atoms with Crippen LogP contribution in [0.15, 0.2) is 23.4 Å². The maximum Gasteiger partial charge on any atom is 0.200 e. The summed E-state index contributed by atoms with van der Waals surface area (Å²) in [5, 5.41) is -0.0332. The van der Waals surface area contributed by atoms with Crippen molar-refractivity contribution in [3.63, 3.8) is 0 Å². The van der Waals surface area contributed by atoms with Gasteiger partial charge in [-0.3, -0.25) is 0 Å². The predicted octanol–water partition coefficient (Wildman–Crippen LogP) is 1.01. The highest BCUT2D eigenvalue weighted by Crippen LogP contribution is 2.20. The van der Waals surface area contributed by atoms with Gasteiger partial charge in [0.1, 0.15) is 0 Å². The molecule has 2 N–H and O–H groups in total. The Kier molecular flexibility index (Phi) is 3.63. The van der Waals surface area contributed by atoms with Crippen molar-refractivity contribution >= 4 is 15.5 Å². The molecule has 17 heavy (non-hydrogen) atoms. The molecule has 1 atom stereocenters. The number of aromatic nitrogens is 1. The van der Waals surface area contributed by atoms with E-state index in [0.717, 1.165) is 19.3 Å². The third-order valence-corrected chi connectivity index (χ3v) is 4.52. The number of nitrogen functional groups attached to an aromatic ring is 1. The Morgan fingerprint density at radius 3 is 2.94 bits per heavy atom. The summed E-state index contributed by atoms with van der Waals surface area (Å²) < 4.78 is 29.6. The Labute approximate surface area is 101 Å². The van der Waals surface area contributed by atoms with Gasteiger partial charge in [0.2, 0.25) is 0 Å². The Morgan fingerprint density at radius 1 is 1.47 bits per heavy atom. The summed E-state index contributed by atoms with van der Waals surface area (Å²) in [7, 11) is -3.45. The summed E-state index contributed by atoms with van der Waals surface area (Å²) in [5.41, 5.74) is 5.83. The molecule has 1 unspecified atom stereocenters. The largest absolute Gasteiger partial charge is 0.396 e. The molecule has 0 bridgehead atoms. The van der Waals surface area contributed by atoms with Crippen LogP contribution in [0.1, 0.15) is 19.3 Å². The minimum absolute atomic E-state index is 0.0332. The smallest absolute Gasteiger partial charge is 0.200 e. The standard InChI is InChI=1S/C11H16N2O3S/c12-10-5-3-6-13-11(10)17(14,15)8-9-4-1-2-7-16-9/h3,5-6,9H,1-2,4,7-8,12H2. The molecule has 0 aromatic carbocycles. The van der Waals surface area contributed by atoms with Gasteiger partial charge >= 0.3 is 0 Å². The van der Waals surface area contributed by atoms with Gasteiger partial charge < -0.3 is 10.5 Å². The van der Waals surface area contributed by atoms with Crippen LogP contribution < -0.4 is 5.73 Å². The van der Waals surface area contributed by atoms with E-state index in [1.165, 1.54) is 6.20 Å². The number of nitrogens with two attached hydrogens (primary N) is 1. The van der Waals surface area contributed by atoms with Crippen molar-refractivity contribution in [3.8, 4) is 0 Å². The average molecular weight is 256 g/mol. The monoisotopic (exact) mass is 256 g/mol. The normalized spacial score (nSPS) is 21.3. The molecule has 1 fully saturated rings. The first-order valence-electron chi connectivity index (χ1n) is 5.64. The van der Waals surface area contributed by atoms with Crippen molar-refractivity contribution in [2.24, 2.45) is 0 Å². The van der Waals surface area contributed by atoms with Crippen molar-refractivity contribution in [1.29, 1.82) is 0 Å². The molecule has 0 amide bonds. The quantitative estimate of drug-likeness (QED) is 0.872. The van der Waals surface area contributed by atoms with Gasteiger partial charge in [0.25, 0.3) is 0 Å². The second-order valence-electron chi connectivity index (χ2n) is 4.17. The lowest BCUT2D eigenvalue weighted by molar-refractivity contribution is 0.0305. The van der Waals surface area contributed by atoms with E-state index in [9.17, 15) is 8.42 Å². The van der Waals surface area contributed by atoms with E-state index in [2.05, 4.69) is 4.98 Å². The molecule has 1 saturated heterocycles. The number of hydrogen-bond donors (Lipinski definition) is 1. The summed E-state index contributed by atoms with van der Waals surface area (Å²) in [6.45, 7) is 0.637. The Hall–Kier alpha value is -1.14. The topological polar surface area (TPSA) is 82.3 Å². The lowest BCUT2D eigenvalue weighted by atomic mass is 10.1. The minimum Gasteiger partial charge on any atom is -0.396 e. The number of anilines is 1. The van der Waals surface area contributed by atoms with Crippen LogP contribution in [-0.4, -0.2) is 31.9 Å². The van der Waals surface area contributed by atoms with Gasteiger partial charge in [-0.05, 0) is 31.4 Å². The fraction of sp³-hybridized carbons (Fsp3) is 0.545. The van der Waals surface area contributed by atoms with Crippen LogP contribution in [0, 0.1) is 0 Å². The molecular weight excluding hydrogens is 240 g/mol. The van der Waals surface area contributed by atoms with Gasteiger partial charge in [0.15, 0.2) is 14.9 Å². The Bertz CT molecular complexity index is 481. The summed E-state index contributed by atoms with van der Waals surface area (Å²) in [6, 6.07) is 3.16. The fourth-order valence-corrected chi connectivity index (χ4v) is 3.48. The highest BCUT2D eigenvalue weighted by molar-refractivity contribution is 7.91. The summed E-state index contributed by atoms with van der Waals surface area (Å²) in [6.07, 6.45) is 4.01. The molecule has 6 heteroatoms. The molecule has 94 valence electrons. The third kappa shape index (κ3) is 2.95. The number of ether oxygens (including phenoxy) is 1. The van der Waals surface area contributed by atoms with Crippen LogP contribution in [0.4, 0.5) is 5.69 Å².